The Morgan fingerprint density at radius 1 is 1.37 bits per heavy atom. The van der Waals surface area contributed by atoms with Crippen molar-refractivity contribution in [2.75, 3.05) is 13.2 Å². The standard InChI is InChI=1S/C20H21N5O2/c1-3-14(4-2)13-27-18-11-15-12-24(9-10-25(15)23-18)20(26)19-16-7-5-6-8-17(16)21-22-19/h3-8,11H,1,9-10,12-13H2,2H3,(H,21,22)/b14-4+. The van der Waals surface area contributed by atoms with Crippen LogP contribution in [0.5, 0.6) is 5.88 Å². The molecule has 0 atom stereocenters. The number of amides is 1. The van der Waals surface area contributed by atoms with Crippen LogP contribution >= 0.6 is 0 Å². The Hall–Kier alpha value is -3.35. The molecule has 7 nitrogen and oxygen atoms in total. The highest BCUT2D eigenvalue weighted by Gasteiger charge is 2.26. The second-order valence-electron chi connectivity index (χ2n) is 6.40. The van der Waals surface area contributed by atoms with Crippen LogP contribution in [0.3, 0.4) is 0 Å². The number of hydrogen-bond acceptors (Lipinski definition) is 4. The van der Waals surface area contributed by atoms with E-state index >= 15 is 0 Å². The van der Waals surface area contributed by atoms with E-state index in [-0.39, 0.29) is 5.91 Å². The summed E-state index contributed by atoms with van der Waals surface area (Å²) in [5.74, 6) is 0.482. The highest BCUT2D eigenvalue weighted by molar-refractivity contribution is 6.04. The number of nitrogens with zero attached hydrogens (tertiary/aromatic N) is 4. The first kappa shape index (κ1) is 17.1. The molecule has 0 unspecified atom stereocenters. The third-order valence-electron chi connectivity index (χ3n) is 4.76. The van der Waals surface area contributed by atoms with Crippen molar-refractivity contribution in [3.05, 3.63) is 66.0 Å². The van der Waals surface area contributed by atoms with Crippen LogP contribution in [0.4, 0.5) is 0 Å². The average molecular weight is 363 g/mol. The third kappa shape index (κ3) is 3.23. The molecule has 138 valence electrons. The summed E-state index contributed by atoms with van der Waals surface area (Å²) in [5, 5.41) is 12.5. The van der Waals surface area contributed by atoms with Gasteiger partial charge in [-0.3, -0.25) is 14.6 Å². The van der Waals surface area contributed by atoms with Gasteiger partial charge in [-0.1, -0.05) is 36.9 Å². The fraction of sp³-hybridized carbons (Fsp3) is 0.250. The molecule has 1 N–H and O–H groups in total. The number of para-hydroxylation sites is 1. The number of aromatic amines is 1. The molecule has 7 heteroatoms. The number of ether oxygens (including phenoxy) is 1. The largest absolute Gasteiger partial charge is 0.472 e. The summed E-state index contributed by atoms with van der Waals surface area (Å²) in [6.07, 6.45) is 3.72. The van der Waals surface area contributed by atoms with Crippen LogP contribution in [0, 0.1) is 0 Å². The monoisotopic (exact) mass is 363 g/mol. The van der Waals surface area contributed by atoms with Crippen molar-refractivity contribution in [1.82, 2.24) is 24.9 Å². The van der Waals surface area contributed by atoms with E-state index in [4.69, 9.17) is 4.74 Å². The number of aromatic nitrogens is 4. The number of fused-ring (bicyclic) bond motifs is 2. The minimum atomic E-state index is -0.0785. The Kier molecular flexibility index (Phi) is 4.50. The number of H-pyrrole nitrogens is 1. The zero-order chi connectivity index (χ0) is 18.8. The van der Waals surface area contributed by atoms with E-state index in [1.807, 2.05) is 48.0 Å². The number of carbonyl (C=O) groups is 1. The van der Waals surface area contributed by atoms with Crippen LogP contribution in [-0.4, -0.2) is 43.9 Å². The van der Waals surface area contributed by atoms with Gasteiger partial charge in [-0.2, -0.15) is 5.10 Å². The van der Waals surface area contributed by atoms with E-state index in [0.717, 1.165) is 22.2 Å². The molecule has 1 amide bonds. The van der Waals surface area contributed by atoms with Crippen LogP contribution in [-0.2, 0) is 13.1 Å². The summed E-state index contributed by atoms with van der Waals surface area (Å²) in [6.45, 7) is 7.83. The van der Waals surface area contributed by atoms with Crippen molar-refractivity contribution in [1.29, 1.82) is 0 Å². The molecule has 27 heavy (non-hydrogen) atoms. The van der Waals surface area contributed by atoms with Crippen molar-refractivity contribution in [2.45, 2.75) is 20.0 Å². The predicted octanol–water partition coefficient (Wildman–Crippen LogP) is 2.93. The van der Waals surface area contributed by atoms with Gasteiger partial charge in [-0.15, -0.1) is 5.10 Å². The van der Waals surface area contributed by atoms with Crippen molar-refractivity contribution in [3.63, 3.8) is 0 Å². The van der Waals surface area contributed by atoms with Gasteiger partial charge in [0.2, 0.25) is 5.88 Å². The first-order valence-electron chi connectivity index (χ1n) is 8.89. The molecule has 0 fully saturated rings. The summed E-state index contributed by atoms with van der Waals surface area (Å²) in [4.78, 5) is 14.7. The van der Waals surface area contributed by atoms with Gasteiger partial charge in [-0.05, 0) is 18.6 Å². The van der Waals surface area contributed by atoms with E-state index in [9.17, 15) is 4.79 Å². The normalized spacial score (nSPS) is 14.3. The van der Waals surface area contributed by atoms with Gasteiger partial charge in [0.25, 0.3) is 5.91 Å². The maximum atomic E-state index is 12.9. The first-order chi connectivity index (χ1) is 13.2. The lowest BCUT2D eigenvalue weighted by Crippen LogP contribution is -2.38. The second kappa shape index (κ2) is 7.11. The Labute approximate surface area is 156 Å². The molecule has 0 saturated carbocycles. The van der Waals surface area contributed by atoms with Gasteiger partial charge in [0, 0.05) is 18.0 Å². The predicted molar refractivity (Wildman–Crippen MR) is 103 cm³/mol. The highest BCUT2D eigenvalue weighted by Crippen LogP contribution is 2.22. The number of benzene rings is 1. The van der Waals surface area contributed by atoms with Crippen molar-refractivity contribution in [2.24, 2.45) is 0 Å². The van der Waals surface area contributed by atoms with Crippen molar-refractivity contribution >= 4 is 16.8 Å². The van der Waals surface area contributed by atoms with Gasteiger partial charge < -0.3 is 9.64 Å². The molecule has 0 saturated heterocycles. The van der Waals surface area contributed by atoms with Crippen LogP contribution in [0.25, 0.3) is 10.9 Å². The molecular weight excluding hydrogens is 342 g/mol. The fourth-order valence-electron chi connectivity index (χ4n) is 3.18. The summed E-state index contributed by atoms with van der Waals surface area (Å²) in [6, 6.07) is 9.53. The Bertz CT molecular complexity index is 1030. The molecule has 2 aromatic heterocycles. The zero-order valence-electron chi connectivity index (χ0n) is 15.2. The number of allylic oxidation sites excluding steroid dienone is 1. The number of carbonyl (C=O) groups excluding carboxylic acids is 1. The minimum Gasteiger partial charge on any atom is -0.472 e. The summed E-state index contributed by atoms with van der Waals surface area (Å²) >= 11 is 0. The number of nitrogens with one attached hydrogen (secondary N) is 1. The molecule has 0 bridgehead atoms. The van der Waals surface area contributed by atoms with Gasteiger partial charge in [-0.25, -0.2) is 0 Å². The molecule has 1 aliphatic heterocycles. The topological polar surface area (TPSA) is 76.0 Å². The molecule has 4 rings (SSSR count). The van der Waals surface area contributed by atoms with Gasteiger partial charge >= 0.3 is 0 Å². The second-order valence-corrected chi connectivity index (χ2v) is 6.40. The molecular formula is C20H21N5O2. The van der Waals surface area contributed by atoms with E-state index in [1.54, 1.807) is 11.0 Å². The SMILES string of the molecule is C=C/C(=C\C)COc1cc2n(n1)CCN(C(=O)c1n[nH]c3ccccc13)C2. The summed E-state index contributed by atoms with van der Waals surface area (Å²) in [7, 11) is 0. The van der Waals surface area contributed by atoms with Crippen molar-refractivity contribution in [3.8, 4) is 5.88 Å². The minimum absolute atomic E-state index is 0.0785. The maximum Gasteiger partial charge on any atom is 0.275 e. The van der Waals surface area contributed by atoms with E-state index in [1.165, 1.54) is 0 Å². The quantitative estimate of drug-likeness (QED) is 0.707. The highest BCUT2D eigenvalue weighted by atomic mass is 16.5. The van der Waals surface area contributed by atoms with E-state index in [0.29, 0.717) is 37.8 Å². The number of hydrogen-bond donors (Lipinski definition) is 1. The van der Waals surface area contributed by atoms with Gasteiger partial charge in [0.15, 0.2) is 5.69 Å². The Morgan fingerprint density at radius 3 is 3.04 bits per heavy atom. The Morgan fingerprint density at radius 2 is 2.22 bits per heavy atom. The van der Waals surface area contributed by atoms with Gasteiger partial charge in [0.1, 0.15) is 6.61 Å². The zero-order valence-corrected chi connectivity index (χ0v) is 15.2. The van der Waals surface area contributed by atoms with E-state index in [2.05, 4.69) is 21.9 Å². The molecule has 3 aromatic rings. The number of rotatable bonds is 5. The van der Waals surface area contributed by atoms with Gasteiger partial charge in [0.05, 0.1) is 24.3 Å². The smallest absolute Gasteiger partial charge is 0.275 e. The lowest BCUT2D eigenvalue weighted by atomic mass is 10.2. The fourth-order valence-corrected chi connectivity index (χ4v) is 3.18. The van der Waals surface area contributed by atoms with Crippen LogP contribution in [0.15, 0.2) is 54.6 Å². The van der Waals surface area contributed by atoms with Crippen LogP contribution < -0.4 is 4.74 Å². The van der Waals surface area contributed by atoms with Crippen molar-refractivity contribution < 1.29 is 9.53 Å². The third-order valence-corrected chi connectivity index (χ3v) is 4.76. The first-order valence-corrected chi connectivity index (χ1v) is 8.89. The molecule has 0 spiro atoms. The summed E-state index contributed by atoms with van der Waals surface area (Å²) in [5.41, 5.74) is 3.27. The molecule has 1 aliphatic rings. The Balaban J connectivity index is 1.49. The van der Waals surface area contributed by atoms with E-state index < -0.39 is 0 Å². The maximum absolute atomic E-state index is 12.9. The average Bonchev–Trinajstić information content (AvgIpc) is 3.31. The lowest BCUT2D eigenvalue weighted by molar-refractivity contribution is 0.0702. The molecule has 0 aliphatic carbocycles. The van der Waals surface area contributed by atoms with Crippen LogP contribution in [0.2, 0.25) is 0 Å². The molecule has 3 heterocycles. The van der Waals surface area contributed by atoms with Crippen LogP contribution in [0.1, 0.15) is 23.1 Å². The molecule has 1 aromatic carbocycles. The lowest BCUT2D eigenvalue weighted by Gasteiger charge is -2.26. The summed E-state index contributed by atoms with van der Waals surface area (Å²) < 4.78 is 7.63. The molecule has 0 radical (unpaired) electrons.